The SMILES string of the molecule is C[C@@H](CCCCNC(=O)COCCOCCCC(=O)COCCOCCNC(=O)CC[C@H](NC(=O)CCCCCCCCCCCCCCCS(=O)(=O)O)C(=O)O)C(=O)C[C@@H](CCCCC(=N)N)C(=O)C[C@@H](Cc1ccc(O)cc1)C(N)=O. The van der Waals surface area contributed by atoms with Crippen molar-refractivity contribution in [2.24, 2.45) is 29.2 Å². The summed E-state index contributed by atoms with van der Waals surface area (Å²) in [5.41, 5.74) is 11.9. The molecule has 0 radical (unpaired) electrons. The number of hydrogen-bond acceptors (Lipinski definition) is 16. The molecule has 4 amide bonds. The number of carbonyl (C=O) groups excluding carboxylic acids is 7. The molecule has 11 N–H and O–H groups in total. The van der Waals surface area contributed by atoms with Crippen molar-refractivity contribution in [3.63, 3.8) is 0 Å². The molecular weight excluding hydrogens is 1100 g/mol. The lowest BCUT2D eigenvalue weighted by Crippen LogP contribution is -2.41. The predicted molar refractivity (Wildman–Crippen MR) is 314 cm³/mol. The van der Waals surface area contributed by atoms with Gasteiger partial charge in [-0.3, -0.25) is 43.5 Å². The van der Waals surface area contributed by atoms with Crippen molar-refractivity contribution in [1.29, 1.82) is 5.41 Å². The lowest BCUT2D eigenvalue weighted by Gasteiger charge is -2.20. The number of phenolic OH excluding ortho intramolecular Hbond substituents is 1. The summed E-state index contributed by atoms with van der Waals surface area (Å²) in [7, 11) is -3.86. The van der Waals surface area contributed by atoms with Gasteiger partial charge in [0.2, 0.25) is 23.6 Å². The molecule has 0 aliphatic heterocycles. The minimum absolute atomic E-state index is 0.0304. The number of amides is 4. The van der Waals surface area contributed by atoms with E-state index in [1.54, 1.807) is 12.1 Å². The molecule has 0 aromatic heterocycles. The third-order valence-electron chi connectivity index (χ3n) is 14.0. The van der Waals surface area contributed by atoms with Crippen molar-refractivity contribution in [1.82, 2.24) is 16.0 Å². The van der Waals surface area contributed by atoms with Crippen LogP contribution in [0.15, 0.2) is 24.3 Å². The largest absolute Gasteiger partial charge is 0.508 e. The van der Waals surface area contributed by atoms with Gasteiger partial charge in [-0.1, -0.05) is 103 Å². The Morgan fingerprint density at radius 2 is 1.10 bits per heavy atom. The van der Waals surface area contributed by atoms with E-state index in [0.717, 1.165) is 76.2 Å². The number of aliphatic carboxylic acids is 1. The van der Waals surface area contributed by atoms with Crippen molar-refractivity contribution >= 4 is 62.9 Å². The number of hydrogen-bond donors (Lipinski definition) is 9. The summed E-state index contributed by atoms with van der Waals surface area (Å²) >= 11 is 0. The average Bonchev–Trinajstić information content (AvgIpc) is 3.44. The fourth-order valence-corrected chi connectivity index (χ4v) is 9.61. The Hall–Kier alpha value is -5.40. The van der Waals surface area contributed by atoms with Gasteiger partial charge in [-0.25, -0.2) is 4.79 Å². The molecule has 0 spiro atoms. The molecule has 0 saturated carbocycles. The van der Waals surface area contributed by atoms with E-state index in [9.17, 15) is 57.0 Å². The van der Waals surface area contributed by atoms with E-state index in [4.69, 9.17) is 40.4 Å². The van der Waals surface area contributed by atoms with Crippen LogP contribution in [-0.4, -0.2) is 154 Å². The molecule has 474 valence electrons. The molecule has 0 fully saturated rings. The molecule has 0 aliphatic carbocycles. The zero-order valence-electron chi connectivity index (χ0n) is 49.3. The van der Waals surface area contributed by atoms with Gasteiger partial charge in [-0.05, 0) is 75.5 Å². The standard InChI is InChI=1S/C59H100N6O17S/c1-45(52(68)41-47(21-14-15-23-54(60)61)53(69)42-48(58(62)73)40-46-25-27-49(66)28-26-46)20-16-17-31-63-57(72)44-82-38-35-79-33-19-22-50(67)43-81-37-36-80-34-32-64-55(70)30-29-51(59(74)75)65-56(71)24-13-11-9-7-5-3-2-4-6-8-10-12-18-39-83(76,77)78/h25-28,45,47-48,51,66H,2-24,29-44H2,1H3,(H3,60,61)(H2,62,73)(H,63,72)(H,64,70)(H,65,71)(H,74,75)(H,76,77,78)/t45-,47+,48+,51-/m0/s1. The first-order chi connectivity index (χ1) is 39.7. The summed E-state index contributed by atoms with van der Waals surface area (Å²) in [6, 6.07) is 5.16. The Labute approximate surface area is 492 Å². The lowest BCUT2D eigenvalue weighted by molar-refractivity contribution is -0.142. The molecule has 1 aromatic carbocycles. The lowest BCUT2D eigenvalue weighted by atomic mass is 9.82. The Morgan fingerprint density at radius 1 is 0.554 bits per heavy atom. The monoisotopic (exact) mass is 1200 g/mol. The summed E-state index contributed by atoms with van der Waals surface area (Å²) in [4.78, 5) is 100.0. The second kappa shape index (κ2) is 47.9. The maximum absolute atomic E-state index is 13.5. The minimum atomic E-state index is -3.86. The Balaban J connectivity index is 2.07. The highest BCUT2D eigenvalue weighted by Gasteiger charge is 2.29. The Kier molecular flexibility index (Phi) is 43.6. The third-order valence-corrected chi connectivity index (χ3v) is 14.8. The minimum Gasteiger partial charge on any atom is -0.508 e. The normalized spacial score (nSPS) is 12.9. The third kappa shape index (κ3) is 44.8. The number of nitrogens with one attached hydrogen (secondary N) is 4. The van der Waals surface area contributed by atoms with E-state index in [2.05, 4.69) is 16.0 Å². The molecule has 0 bridgehead atoms. The van der Waals surface area contributed by atoms with Crippen molar-refractivity contribution in [2.45, 2.75) is 193 Å². The molecule has 24 heteroatoms. The second-order valence-corrected chi connectivity index (χ2v) is 23.0. The summed E-state index contributed by atoms with van der Waals surface area (Å²) in [5.74, 6) is -4.96. The first-order valence-corrected chi connectivity index (χ1v) is 31.6. The molecule has 0 unspecified atom stereocenters. The van der Waals surface area contributed by atoms with Gasteiger partial charge in [0, 0.05) is 76.0 Å². The van der Waals surface area contributed by atoms with Gasteiger partial charge < -0.3 is 56.6 Å². The van der Waals surface area contributed by atoms with E-state index in [1.165, 1.54) is 12.1 Å². The van der Waals surface area contributed by atoms with E-state index in [1.807, 2.05) is 6.92 Å². The predicted octanol–water partition coefficient (Wildman–Crippen LogP) is 6.22. The fourth-order valence-electron chi connectivity index (χ4n) is 9.04. The van der Waals surface area contributed by atoms with Crippen LogP contribution < -0.4 is 27.4 Å². The summed E-state index contributed by atoms with van der Waals surface area (Å²) in [5, 5.41) is 34.6. The highest BCUT2D eigenvalue weighted by Crippen LogP contribution is 2.25. The summed E-state index contributed by atoms with van der Waals surface area (Å²) in [6.45, 7) is 3.45. The topological polar surface area (TPSA) is 380 Å². The number of ketones is 3. The number of amidine groups is 1. The van der Waals surface area contributed by atoms with Gasteiger partial charge in [0.05, 0.1) is 44.6 Å². The van der Waals surface area contributed by atoms with E-state index >= 15 is 0 Å². The first kappa shape index (κ1) is 75.6. The molecule has 23 nitrogen and oxygen atoms in total. The van der Waals surface area contributed by atoms with Gasteiger partial charge in [-0.15, -0.1) is 0 Å². The highest BCUT2D eigenvalue weighted by molar-refractivity contribution is 7.85. The molecule has 4 atom stereocenters. The number of nitrogens with two attached hydrogens (primary N) is 2. The molecule has 0 heterocycles. The number of phenols is 1. The molecular formula is C59H100N6O17S. The first-order valence-electron chi connectivity index (χ1n) is 30.0. The fraction of sp³-hybridized carbons (Fsp3) is 0.746. The number of primary amides is 1. The van der Waals surface area contributed by atoms with Gasteiger partial charge in [0.1, 0.15) is 36.6 Å². The van der Waals surface area contributed by atoms with Crippen LogP contribution in [0.1, 0.15) is 186 Å². The smallest absolute Gasteiger partial charge is 0.326 e. The Morgan fingerprint density at radius 3 is 1.70 bits per heavy atom. The number of rotatable bonds is 57. The average molecular weight is 1200 g/mol. The zero-order valence-corrected chi connectivity index (χ0v) is 50.1. The van der Waals surface area contributed by atoms with Crippen LogP contribution in [0.25, 0.3) is 0 Å². The summed E-state index contributed by atoms with van der Waals surface area (Å²) in [6.07, 6.45) is 17.4. The quantitative estimate of drug-likeness (QED) is 0.0151. The molecule has 0 saturated heterocycles. The maximum Gasteiger partial charge on any atom is 0.326 e. The van der Waals surface area contributed by atoms with Crippen LogP contribution in [-0.2, 0) is 73.8 Å². The molecule has 0 aliphatic rings. The number of carboxylic acid groups (broad SMARTS) is 1. The van der Waals surface area contributed by atoms with Crippen LogP contribution in [0.5, 0.6) is 5.75 Å². The van der Waals surface area contributed by atoms with Gasteiger partial charge in [-0.2, -0.15) is 8.42 Å². The van der Waals surface area contributed by atoms with Gasteiger partial charge in [0.25, 0.3) is 10.1 Å². The number of aromatic hydroxyl groups is 1. The van der Waals surface area contributed by atoms with Crippen LogP contribution in [0.2, 0.25) is 0 Å². The number of carbonyl (C=O) groups is 8. The van der Waals surface area contributed by atoms with Crippen LogP contribution in [0.3, 0.4) is 0 Å². The number of unbranched alkanes of at least 4 members (excludes halogenated alkanes) is 14. The highest BCUT2D eigenvalue weighted by atomic mass is 32.2. The van der Waals surface area contributed by atoms with Crippen LogP contribution in [0.4, 0.5) is 0 Å². The second-order valence-electron chi connectivity index (χ2n) is 21.5. The van der Waals surface area contributed by atoms with Gasteiger partial charge in [0.15, 0.2) is 5.78 Å². The number of Topliss-reactive ketones (excluding diaryl/α,β-unsaturated/α-hetero) is 3. The van der Waals surface area contributed by atoms with E-state index in [0.29, 0.717) is 77.4 Å². The maximum atomic E-state index is 13.5. The number of benzene rings is 1. The Bertz CT molecular complexity index is 2150. The van der Waals surface area contributed by atoms with Crippen LogP contribution in [0, 0.1) is 23.2 Å². The van der Waals surface area contributed by atoms with Gasteiger partial charge >= 0.3 is 5.97 Å². The number of ether oxygens (including phenoxy) is 4. The van der Waals surface area contributed by atoms with Crippen molar-refractivity contribution in [3.8, 4) is 5.75 Å². The molecule has 1 aromatic rings. The van der Waals surface area contributed by atoms with Crippen molar-refractivity contribution in [3.05, 3.63) is 29.8 Å². The number of carboxylic acids is 1. The summed E-state index contributed by atoms with van der Waals surface area (Å²) < 4.78 is 51.9. The van der Waals surface area contributed by atoms with Crippen molar-refractivity contribution < 1.29 is 80.5 Å². The molecule has 83 heavy (non-hydrogen) atoms. The van der Waals surface area contributed by atoms with E-state index < -0.39 is 39.9 Å². The van der Waals surface area contributed by atoms with E-state index in [-0.39, 0.29) is 156 Å². The molecule has 1 rings (SSSR count). The van der Waals surface area contributed by atoms with Crippen LogP contribution >= 0.6 is 0 Å². The zero-order chi connectivity index (χ0) is 61.5. The van der Waals surface area contributed by atoms with Crippen molar-refractivity contribution in [2.75, 3.05) is 71.7 Å².